The largest absolute Gasteiger partial charge is 0.296 e. The molecule has 22 heavy (non-hydrogen) atoms. The lowest BCUT2D eigenvalue weighted by molar-refractivity contribution is 0.102. The van der Waals surface area contributed by atoms with Gasteiger partial charge in [0.15, 0.2) is 10.8 Å². The quantitative estimate of drug-likeness (QED) is 0.759. The summed E-state index contributed by atoms with van der Waals surface area (Å²) in [7, 11) is 0. The number of anilines is 1. The van der Waals surface area contributed by atoms with E-state index in [2.05, 4.69) is 36.5 Å². The Hall–Kier alpha value is -2.06. The van der Waals surface area contributed by atoms with Gasteiger partial charge in [-0.05, 0) is 32.0 Å². The molecule has 2 aromatic heterocycles. The molecule has 0 aliphatic rings. The molecule has 8 heteroatoms. The maximum absolute atomic E-state index is 12.3. The average molecular weight is 378 g/mol. The van der Waals surface area contributed by atoms with Crippen molar-refractivity contribution in [2.45, 2.75) is 13.8 Å². The number of aromatic nitrogens is 4. The summed E-state index contributed by atoms with van der Waals surface area (Å²) < 4.78 is 2.57. The van der Waals surface area contributed by atoms with Gasteiger partial charge in [-0.3, -0.25) is 10.1 Å². The summed E-state index contributed by atoms with van der Waals surface area (Å²) >= 11 is 4.84. The minimum Gasteiger partial charge on any atom is -0.296 e. The van der Waals surface area contributed by atoms with E-state index in [0.29, 0.717) is 10.8 Å². The standard InChI is InChI=1S/C14H12BrN5OS/c1-8-7-16-14(22-8)17-13(21)12-9(2)20(19-18-12)11-5-3-4-10(15)6-11/h3-7H,1-2H3,(H,16,17,21). The smallest absolute Gasteiger partial charge is 0.279 e. The van der Waals surface area contributed by atoms with Gasteiger partial charge in [-0.15, -0.1) is 16.4 Å². The average Bonchev–Trinajstić information content (AvgIpc) is 3.05. The van der Waals surface area contributed by atoms with Crippen LogP contribution in [0.1, 0.15) is 21.1 Å². The summed E-state index contributed by atoms with van der Waals surface area (Å²) in [6.45, 7) is 3.74. The van der Waals surface area contributed by atoms with Crippen LogP contribution >= 0.6 is 27.3 Å². The molecule has 112 valence electrons. The van der Waals surface area contributed by atoms with E-state index in [-0.39, 0.29) is 11.6 Å². The zero-order valence-corrected chi connectivity index (χ0v) is 14.3. The molecule has 0 unspecified atom stereocenters. The van der Waals surface area contributed by atoms with Crippen molar-refractivity contribution >= 4 is 38.3 Å². The summed E-state index contributed by atoms with van der Waals surface area (Å²) in [5, 5.41) is 11.3. The fourth-order valence-corrected chi connectivity index (χ4v) is 3.01. The van der Waals surface area contributed by atoms with Gasteiger partial charge in [-0.25, -0.2) is 9.67 Å². The molecule has 1 N–H and O–H groups in total. The lowest BCUT2D eigenvalue weighted by Crippen LogP contribution is -2.14. The lowest BCUT2D eigenvalue weighted by Gasteiger charge is -2.04. The van der Waals surface area contributed by atoms with Crippen LogP contribution in [0.25, 0.3) is 5.69 Å². The first-order valence-electron chi connectivity index (χ1n) is 6.46. The van der Waals surface area contributed by atoms with Crippen molar-refractivity contribution in [3.8, 4) is 5.69 Å². The first kappa shape index (κ1) is 14.9. The lowest BCUT2D eigenvalue weighted by atomic mass is 10.3. The van der Waals surface area contributed by atoms with Gasteiger partial charge in [0.25, 0.3) is 5.91 Å². The number of thiazole rings is 1. The Morgan fingerprint density at radius 3 is 2.86 bits per heavy atom. The normalized spacial score (nSPS) is 10.7. The number of amides is 1. The maximum Gasteiger partial charge on any atom is 0.279 e. The van der Waals surface area contributed by atoms with Crippen molar-refractivity contribution in [2.24, 2.45) is 0 Å². The van der Waals surface area contributed by atoms with Gasteiger partial charge in [0.2, 0.25) is 0 Å². The van der Waals surface area contributed by atoms with E-state index in [1.54, 1.807) is 10.9 Å². The number of carbonyl (C=O) groups excluding carboxylic acids is 1. The van der Waals surface area contributed by atoms with Crippen molar-refractivity contribution < 1.29 is 4.79 Å². The van der Waals surface area contributed by atoms with Gasteiger partial charge in [0.1, 0.15) is 0 Å². The topological polar surface area (TPSA) is 72.7 Å². The van der Waals surface area contributed by atoms with Crippen LogP contribution in [-0.4, -0.2) is 25.9 Å². The molecule has 0 spiro atoms. The van der Waals surface area contributed by atoms with E-state index in [1.165, 1.54) is 11.3 Å². The molecule has 6 nitrogen and oxygen atoms in total. The molecule has 0 radical (unpaired) electrons. The van der Waals surface area contributed by atoms with Gasteiger partial charge in [-0.1, -0.05) is 27.2 Å². The number of aryl methyl sites for hydroxylation is 1. The number of nitrogens with zero attached hydrogens (tertiary/aromatic N) is 4. The van der Waals surface area contributed by atoms with Crippen molar-refractivity contribution in [1.82, 2.24) is 20.0 Å². The van der Waals surface area contributed by atoms with Gasteiger partial charge in [0.05, 0.1) is 11.4 Å². The Balaban J connectivity index is 1.88. The second-order valence-corrected chi connectivity index (χ2v) is 6.80. The summed E-state index contributed by atoms with van der Waals surface area (Å²) in [6.07, 6.45) is 1.71. The number of hydrogen-bond donors (Lipinski definition) is 1. The molecule has 3 rings (SSSR count). The zero-order chi connectivity index (χ0) is 15.7. The highest BCUT2D eigenvalue weighted by molar-refractivity contribution is 9.10. The minimum atomic E-state index is -0.312. The third kappa shape index (κ3) is 2.93. The number of hydrogen-bond acceptors (Lipinski definition) is 5. The second-order valence-electron chi connectivity index (χ2n) is 4.65. The van der Waals surface area contributed by atoms with Gasteiger partial charge in [-0.2, -0.15) is 0 Å². The van der Waals surface area contributed by atoms with Crippen LogP contribution in [-0.2, 0) is 0 Å². The molecule has 0 saturated heterocycles. The number of nitrogens with one attached hydrogen (secondary N) is 1. The molecular formula is C14H12BrN5OS. The molecule has 1 amide bonds. The Morgan fingerprint density at radius 2 is 2.18 bits per heavy atom. The Morgan fingerprint density at radius 1 is 1.36 bits per heavy atom. The van der Waals surface area contributed by atoms with E-state index in [0.717, 1.165) is 15.0 Å². The van der Waals surface area contributed by atoms with Crippen LogP contribution in [0, 0.1) is 13.8 Å². The summed E-state index contributed by atoms with van der Waals surface area (Å²) in [5.41, 5.74) is 1.79. The first-order valence-corrected chi connectivity index (χ1v) is 8.07. The predicted octanol–water partition coefficient (Wildman–Crippen LogP) is 3.36. The molecule has 3 aromatic rings. The molecule has 0 fully saturated rings. The van der Waals surface area contributed by atoms with Gasteiger partial charge in [0, 0.05) is 15.5 Å². The van der Waals surface area contributed by atoms with E-state index < -0.39 is 0 Å². The molecule has 0 bridgehead atoms. The fourth-order valence-electron chi connectivity index (χ4n) is 1.96. The third-order valence-electron chi connectivity index (χ3n) is 3.00. The molecule has 0 aliphatic heterocycles. The van der Waals surface area contributed by atoms with Crippen LogP contribution in [0.3, 0.4) is 0 Å². The number of carbonyl (C=O) groups is 1. The second kappa shape index (κ2) is 5.98. The van der Waals surface area contributed by atoms with E-state index >= 15 is 0 Å². The van der Waals surface area contributed by atoms with Crippen LogP contribution in [0.5, 0.6) is 0 Å². The van der Waals surface area contributed by atoms with Crippen LogP contribution in [0.2, 0.25) is 0 Å². The Bertz CT molecular complexity index is 841. The number of rotatable bonds is 3. The predicted molar refractivity (Wildman–Crippen MR) is 88.6 cm³/mol. The van der Waals surface area contributed by atoms with Crippen molar-refractivity contribution in [2.75, 3.05) is 5.32 Å². The van der Waals surface area contributed by atoms with Crippen molar-refractivity contribution in [1.29, 1.82) is 0 Å². The minimum absolute atomic E-state index is 0.285. The summed E-state index contributed by atoms with van der Waals surface area (Å²) in [4.78, 5) is 17.4. The fraction of sp³-hybridized carbons (Fsp3) is 0.143. The molecule has 2 heterocycles. The number of halogens is 1. The van der Waals surface area contributed by atoms with Crippen LogP contribution in [0.15, 0.2) is 34.9 Å². The molecule has 1 aromatic carbocycles. The van der Waals surface area contributed by atoms with E-state index in [4.69, 9.17) is 0 Å². The van der Waals surface area contributed by atoms with Crippen LogP contribution in [0.4, 0.5) is 5.13 Å². The zero-order valence-electron chi connectivity index (χ0n) is 11.9. The van der Waals surface area contributed by atoms with Gasteiger partial charge >= 0.3 is 0 Å². The number of benzene rings is 1. The summed E-state index contributed by atoms with van der Waals surface area (Å²) in [6, 6.07) is 7.64. The molecule has 0 aliphatic carbocycles. The van der Waals surface area contributed by atoms with Crippen LogP contribution < -0.4 is 5.32 Å². The first-order chi connectivity index (χ1) is 10.5. The third-order valence-corrected chi connectivity index (χ3v) is 4.33. The Kier molecular flexibility index (Phi) is 4.04. The Labute approximate surface area is 139 Å². The van der Waals surface area contributed by atoms with Crippen molar-refractivity contribution in [3.05, 3.63) is 51.2 Å². The highest BCUT2D eigenvalue weighted by Gasteiger charge is 2.18. The van der Waals surface area contributed by atoms with E-state index in [1.807, 2.05) is 38.1 Å². The monoisotopic (exact) mass is 377 g/mol. The van der Waals surface area contributed by atoms with E-state index in [9.17, 15) is 4.79 Å². The molecule has 0 atom stereocenters. The summed E-state index contributed by atoms with van der Waals surface area (Å²) in [5.74, 6) is -0.312. The van der Waals surface area contributed by atoms with Gasteiger partial charge < -0.3 is 0 Å². The highest BCUT2D eigenvalue weighted by atomic mass is 79.9. The maximum atomic E-state index is 12.3. The molecular weight excluding hydrogens is 366 g/mol. The SMILES string of the molecule is Cc1cnc(NC(=O)c2nnn(-c3cccc(Br)c3)c2C)s1. The van der Waals surface area contributed by atoms with Crippen molar-refractivity contribution in [3.63, 3.8) is 0 Å². The highest BCUT2D eigenvalue weighted by Crippen LogP contribution is 2.20. The molecule has 0 saturated carbocycles.